The topological polar surface area (TPSA) is 199 Å². The van der Waals surface area contributed by atoms with Crippen molar-refractivity contribution in [3.63, 3.8) is 0 Å². The van der Waals surface area contributed by atoms with E-state index in [4.69, 9.17) is 0 Å². The number of aryl methyl sites for hydroxylation is 1. The lowest BCUT2D eigenvalue weighted by molar-refractivity contribution is 0.0910. The number of fused-ring (bicyclic) bond motifs is 2. The minimum Gasteiger partial charge on any atom is -0.322 e. The van der Waals surface area contributed by atoms with E-state index in [2.05, 4.69) is 31.1 Å². The van der Waals surface area contributed by atoms with Crippen molar-refractivity contribution in [2.45, 2.75) is 6.92 Å². The molecule has 10 rings (SSSR count). The van der Waals surface area contributed by atoms with Gasteiger partial charge >= 0.3 is 0 Å². The van der Waals surface area contributed by atoms with Crippen LogP contribution >= 0.6 is 0 Å². The number of nitrogens with zero attached hydrogens (tertiary/aromatic N) is 6. The van der Waals surface area contributed by atoms with Crippen molar-refractivity contribution in [1.29, 1.82) is 0 Å². The molecule has 6 amide bonds. The summed E-state index contributed by atoms with van der Waals surface area (Å²) in [6.45, 7) is 1.74. The molecule has 0 radical (unpaired) electrons. The summed E-state index contributed by atoms with van der Waals surface area (Å²) in [5.41, 5.74) is 6.03. The van der Waals surface area contributed by atoms with Crippen molar-refractivity contribution in [2.24, 2.45) is 20.5 Å². The van der Waals surface area contributed by atoms with E-state index in [9.17, 15) is 33.6 Å². The summed E-state index contributed by atoms with van der Waals surface area (Å²) in [7, 11) is 0. The normalized spacial score (nSPS) is 13.0. The van der Waals surface area contributed by atoms with Gasteiger partial charge in [0.15, 0.2) is 5.78 Å². The number of hydrogen-bond acceptors (Lipinski definition) is 11. The summed E-state index contributed by atoms with van der Waals surface area (Å²) in [4.78, 5) is 96.2. The highest BCUT2D eigenvalue weighted by molar-refractivity contribution is 6.36. The summed E-state index contributed by atoms with van der Waals surface area (Å²) in [6, 6.07) is 51.1. The Morgan fingerprint density at radius 3 is 1.23 bits per heavy atom. The standard InChI is InChI=1S/C56H36N8O7/c1-33-30-35(16-29-49(33)58-52(67)37-15-28-46-48(32-37)56(71)64(54(46)69)44-25-21-42(22-26-44)62-60-40-10-6-3-7-11-40)50(65)34-12-17-38(18-13-34)57-51(66)36-14-27-45-47(31-36)55(70)63(53(45)68)43-23-19-41(20-24-43)61-59-39-8-4-2-5-9-39/h2-32H,1H3,(H,57,66)(H,58,67). The van der Waals surface area contributed by atoms with E-state index < -0.39 is 35.4 Å². The Morgan fingerprint density at radius 2 is 0.775 bits per heavy atom. The van der Waals surface area contributed by atoms with Crippen LogP contribution in [0.1, 0.15) is 83.6 Å². The number of rotatable bonds is 12. The number of carbonyl (C=O) groups is 7. The Kier molecular flexibility index (Phi) is 11.9. The van der Waals surface area contributed by atoms with E-state index in [0.29, 0.717) is 62.2 Å². The highest BCUT2D eigenvalue weighted by Crippen LogP contribution is 2.33. The molecule has 0 unspecified atom stereocenters. The maximum atomic E-state index is 13.6. The van der Waals surface area contributed by atoms with E-state index in [1.54, 1.807) is 97.9 Å². The fourth-order valence-corrected chi connectivity index (χ4v) is 8.00. The van der Waals surface area contributed by atoms with Crippen LogP contribution in [0.3, 0.4) is 0 Å². The first-order valence-electron chi connectivity index (χ1n) is 22.1. The molecular formula is C56H36N8O7. The highest BCUT2D eigenvalue weighted by atomic mass is 16.2. The average Bonchev–Trinajstić information content (AvgIpc) is 3.81. The molecule has 0 fully saturated rings. The molecule has 0 atom stereocenters. The van der Waals surface area contributed by atoms with E-state index in [1.165, 1.54) is 36.4 Å². The zero-order chi connectivity index (χ0) is 49.2. The Morgan fingerprint density at radius 1 is 0.380 bits per heavy atom. The minimum atomic E-state index is -0.571. The van der Waals surface area contributed by atoms with Crippen molar-refractivity contribution < 1.29 is 33.6 Å². The molecule has 2 aliphatic heterocycles. The first kappa shape index (κ1) is 44.7. The van der Waals surface area contributed by atoms with Crippen LogP contribution in [0.25, 0.3) is 0 Å². The van der Waals surface area contributed by atoms with Gasteiger partial charge in [0.1, 0.15) is 0 Å². The number of hydrogen-bond donors (Lipinski definition) is 2. The molecule has 8 aromatic rings. The van der Waals surface area contributed by atoms with Crippen LogP contribution < -0.4 is 20.4 Å². The molecule has 71 heavy (non-hydrogen) atoms. The summed E-state index contributed by atoms with van der Waals surface area (Å²) >= 11 is 0. The quantitative estimate of drug-likeness (QED) is 0.0689. The number of ketones is 1. The van der Waals surface area contributed by atoms with Crippen molar-refractivity contribution >= 4 is 86.7 Å². The van der Waals surface area contributed by atoms with Crippen LogP contribution in [0.2, 0.25) is 0 Å². The van der Waals surface area contributed by atoms with Gasteiger partial charge in [-0.25, -0.2) is 9.80 Å². The second-order valence-electron chi connectivity index (χ2n) is 16.4. The minimum absolute atomic E-state index is 0.0877. The van der Waals surface area contributed by atoms with E-state index in [1.807, 2.05) is 60.7 Å². The maximum absolute atomic E-state index is 13.6. The van der Waals surface area contributed by atoms with Gasteiger partial charge in [0.2, 0.25) is 0 Å². The average molecular weight is 933 g/mol. The number of imide groups is 2. The Balaban J connectivity index is 0.748. The van der Waals surface area contributed by atoms with Gasteiger partial charge in [-0.05, 0) is 164 Å². The molecule has 342 valence electrons. The van der Waals surface area contributed by atoms with Crippen LogP contribution in [0.15, 0.2) is 209 Å². The second kappa shape index (κ2) is 18.9. The number of nitrogens with one attached hydrogen (secondary N) is 2. The highest BCUT2D eigenvalue weighted by Gasteiger charge is 2.38. The predicted octanol–water partition coefficient (Wildman–Crippen LogP) is 12.2. The fourth-order valence-electron chi connectivity index (χ4n) is 8.00. The van der Waals surface area contributed by atoms with E-state index in [0.717, 1.165) is 9.80 Å². The summed E-state index contributed by atoms with van der Waals surface area (Å²) in [6.07, 6.45) is 0. The predicted molar refractivity (Wildman–Crippen MR) is 266 cm³/mol. The van der Waals surface area contributed by atoms with Crippen LogP contribution in [0, 0.1) is 6.92 Å². The van der Waals surface area contributed by atoms with E-state index >= 15 is 0 Å². The molecule has 2 N–H and O–H groups in total. The van der Waals surface area contributed by atoms with Crippen LogP contribution in [-0.4, -0.2) is 41.2 Å². The third-order valence-corrected chi connectivity index (χ3v) is 11.7. The molecular weight excluding hydrogens is 897 g/mol. The van der Waals surface area contributed by atoms with Gasteiger partial charge in [0.05, 0.1) is 56.4 Å². The molecule has 0 bridgehead atoms. The lowest BCUT2D eigenvalue weighted by atomic mass is 10.00. The van der Waals surface area contributed by atoms with Crippen LogP contribution in [-0.2, 0) is 0 Å². The molecule has 0 aromatic heterocycles. The molecule has 0 aliphatic carbocycles. The van der Waals surface area contributed by atoms with Crippen molar-refractivity contribution in [3.05, 3.63) is 238 Å². The summed E-state index contributed by atoms with van der Waals surface area (Å²) in [5.74, 6) is -3.53. The molecule has 2 aliphatic rings. The summed E-state index contributed by atoms with van der Waals surface area (Å²) < 4.78 is 0. The number of carbonyl (C=O) groups excluding carboxylic acids is 7. The van der Waals surface area contributed by atoms with Gasteiger partial charge in [0, 0.05) is 33.6 Å². The molecule has 0 saturated carbocycles. The first-order chi connectivity index (χ1) is 34.5. The van der Waals surface area contributed by atoms with Gasteiger partial charge in [0.25, 0.3) is 35.4 Å². The molecule has 8 aromatic carbocycles. The van der Waals surface area contributed by atoms with Crippen molar-refractivity contribution in [3.8, 4) is 0 Å². The number of benzene rings is 8. The molecule has 0 saturated heterocycles. The van der Waals surface area contributed by atoms with Crippen LogP contribution in [0.4, 0.5) is 45.5 Å². The number of azo groups is 2. The Hall–Kier alpha value is -10.2. The third kappa shape index (κ3) is 9.04. The van der Waals surface area contributed by atoms with Gasteiger partial charge < -0.3 is 10.6 Å². The smallest absolute Gasteiger partial charge is 0.266 e. The monoisotopic (exact) mass is 932 g/mol. The maximum Gasteiger partial charge on any atom is 0.266 e. The zero-order valence-corrected chi connectivity index (χ0v) is 37.4. The summed E-state index contributed by atoms with van der Waals surface area (Å²) in [5, 5.41) is 22.4. The molecule has 2 heterocycles. The molecule has 15 heteroatoms. The van der Waals surface area contributed by atoms with Crippen molar-refractivity contribution in [1.82, 2.24) is 0 Å². The fraction of sp³-hybridized carbons (Fsp3) is 0.0179. The van der Waals surface area contributed by atoms with Crippen LogP contribution in [0.5, 0.6) is 0 Å². The number of anilines is 4. The van der Waals surface area contributed by atoms with Gasteiger partial charge in [-0.15, -0.1) is 0 Å². The second-order valence-corrected chi connectivity index (χ2v) is 16.4. The first-order valence-corrected chi connectivity index (χ1v) is 22.1. The van der Waals surface area contributed by atoms with E-state index in [-0.39, 0.29) is 39.2 Å². The largest absolute Gasteiger partial charge is 0.322 e. The lowest BCUT2D eigenvalue weighted by Gasteiger charge is -2.13. The zero-order valence-electron chi connectivity index (χ0n) is 37.4. The molecule has 15 nitrogen and oxygen atoms in total. The van der Waals surface area contributed by atoms with Gasteiger partial charge in [-0.2, -0.15) is 20.5 Å². The van der Waals surface area contributed by atoms with Gasteiger partial charge in [-0.1, -0.05) is 36.4 Å². The lowest BCUT2D eigenvalue weighted by Crippen LogP contribution is -2.29. The Bertz CT molecular complexity index is 3560. The Labute approximate surface area is 404 Å². The van der Waals surface area contributed by atoms with Crippen molar-refractivity contribution in [2.75, 3.05) is 20.4 Å². The molecule has 0 spiro atoms. The third-order valence-electron chi connectivity index (χ3n) is 11.7. The SMILES string of the molecule is Cc1cc(C(=O)c2ccc(NC(=O)c3ccc4c(c3)C(=O)N(c3ccc(N=Nc5ccccc5)cc3)C4=O)cc2)ccc1NC(=O)c1ccc2c(c1)C(=O)N(c1ccc(N=Nc3ccccc3)cc1)C2=O. The number of amides is 6. The van der Waals surface area contributed by atoms with Gasteiger partial charge in [-0.3, -0.25) is 33.6 Å².